The lowest BCUT2D eigenvalue weighted by atomic mass is 10.1. The monoisotopic (exact) mass is 298 g/mol. The number of benzene rings is 1. The molecule has 88 valence electrons. The highest BCUT2D eigenvalue weighted by atomic mass is 79.9. The van der Waals surface area contributed by atoms with Crippen LogP contribution in [0.25, 0.3) is 11.3 Å². The summed E-state index contributed by atoms with van der Waals surface area (Å²) in [5, 5.41) is 4.33. The van der Waals surface area contributed by atoms with Gasteiger partial charge in [0.15, 0.2) is 0 Å². The van der Waals surface area contributed by atoms with Gasteiger partial charge in [0.2, 0.25) is 0 Å². The molecule has 0 fully saturated rings. The van der Waals surface area contributed by atoms with Gasteiger partial charge in [-0.2, -0.15) is 5.10 Å². The molecule has 1 aliphatic rings. The first-order valence-electron chi connectivity index (χ1n) is 5.37. The first-order chi connectivity index (χ1) is 8.16. The summed E-state index contributed by atoms with van der Waals surface area (Å²) in [6, 6.07) is 3.41. The number of aromatic nitrogens is 2. The predicted octanol–water partition coefficient (Wildman–Crippen LogP) is 3.54. The van der Waals surface area contributed by atoms with E-state index in [0.717, 1.165) is 41.7 Å². The summed E-state index contributed by atoms with van der Waals surface area (Å²) in [5.41, 5.74) is 1.75. The molecule has 2 heterocycles. The van der Waals surface area contributed by atoms with Crippen molar-refractivity contribution in [3.8, 4) is 11.3 Å². The number of halogens is 3. The number of hydrogen-bond acceptors (Lipinski definition) is 1. The Hall–Kier alpha value is -1.23. The molecule has 0 unspecified atom stereocenters. The summed E-state index contributed by atoms with van der Waals surface area (Å²) >= 11 is 3.43. The van der Waals surface area contributed by atoms with Gasteiger partial charge in [-0.05, 0) is 47.0 Å². The summed E-state index contributed by atoms with van der Waals surface area (Å²) in [4.78, 5) is 0. The van der Waals surface area contributed by atoms with Crippen molar-refractivity contribution in [3.63, 3.8) is 0 Å². The minimum absolute atomic E-state index is 0.207. The van der Waals surface area contributed by atoms with Crippen molar-refractivity contribution in [2.75, 3.05) is 0 Å². The smallest absolute Gasteiger partial charge is 0.132 e. The van der Waals surface area contributed by atoms with Crippen LogP contribution in [0.5, 0.6) is 0 Å². The molecule has 1 aromatic carbocycles. The molecule has 0 bridgehead atoms. The van der Waals surface area contributed by atoms with Crippen LogP contribution in [0.15, 0.2) is 22.7 Å². The normalized spacial score (nSPS) is 14.1. The van der Waals surface area contributed by atoms with E-state index in [9.17, 15) is 8.78 Å². The summed E-state index contributed by atoms with van der Waals surface area (Å²) in [6.07, 6.45) is 1.97. The van der Waals surface area contributed by atoms with Crippen LogP contribution < -0.4 is 0 Å². The van der Waals surface area contributed by atoms with E-state index >= 15 is 0 Å². The maximum absolute atomic E-state index is 13.7. The van der Waals surface area contributed by atoms with Gasteiger partial charge in [0.25, 0.3) is 0 Å². The van der Waals surface area contributed by atoms with Gasteiger partial charge >= 0.3 is 0 Å². The average molecular weight is 299 g/mol. The van der Waals surface area contributed by atoms with Crippen LogP contribution in [0.3, 0.4) is 0 Å². The van der Waals surface area contributed by atoms with E-state index in [4.69, 9.17) is 0 Å². The number of hydrogen-bond donors (Lipinski definition) is 0. The minimum atomic E-state index is -0.457. The second-order valence-corrected chi connectivity index (χ2v) is 4.85. The van der Waals surface area contributed by atoms with E-state index in [1.165, 1.54) is 6.07 Å². The number of fused-ring (bicyclic) bond motifs is 1. The van der Waals surface area contributed by atoms with Gasteiger partial charge in [-0.3, -0.25) is 4.68 Å². The third-order valence-corrected chi connectivity index (χ3v) is 3.79. The molecular formula is C12H9BrF2N2. The average Bonchev–Trinajstić information content (AvgIpc) is 2.86. The molecule has 1 aromatic heterocycles. The van der Waals surface area contributed by atoms with Crippen molar-refractivity contribution in [2.45, 2.75) is 19.4 Å². The molecular weight excluding hydrogens is 290 g/mol. The van der Waals surface area contributed by atoms with Gasteiger partial charge in [0, 0.05) is 12.1 Å². The number of nitrogens with zero attached hydrogens (tertiary/aromatic N) is 2. The summed E-state index contributed by atoms with van der Waals surface area (Å²) in [7, 11) is 0. The van der Waals surface area contributed by atoms with E-state index in [2.05, 4.69) is 21.0 Å². The lowest BCUT2D eigenvalue weighted by Gasteiger charge is -2.01. The van der Waals surface area contributed by atoms with Crippen molar-refractivity contribution in [2.24, 2.45) is 0 Å². The van der Waals surface area contributed by atoms with Crippen molar-refractivity contribution in [1.29, 1.82) is 0 Å². The van der Waals surface area contributed by atoms with Crippen LogP contribution in [0.1, 0.15) is 12.1 Å². The maximum atomic E-state index is 13.7. The van der Waals surface area contributed by atoms with Crippen molar-refractivity contribution in [1.82, 2.24) is 9.78 Å². The van der Waals surface area contributed by atoms with Gasteiger partial charge < -0.3 is 0 Å². The van der Waals surface area contributed by atoms with Crippen molar-refractivity contribution >= 4 is 15.9 Å². The molecule has 0 atom stereocenters. The molecule has 5 heteroatoms. The highest BCUT2D eigenvalue weighted by Gasteiger charge is 2.22. The van der Waals surface area contributed by atoms with Crippen LogP contribution in [0.4, 0.5) is 8.78 Å². The standard InChI is InChI=1S/C12H9BrF2N2/c13-11-10-2-1-5-17(10)16-12(11)8-6-7(14)3-4-9(8)15/h3-4,6H,1-2,5H2. The van der Waals surface area contributed by atoms with Crippen LogP contribution in [-0.2, 0) is 13.0 Å². The first-order valence-corrected chi connectivity index (χ1v) is 6.16. The highest BCUT2D eigenvalue weighted by molar-refractivity contribution is 9.10. The second kappa shape index (κ2) is 3.91. The lowest BCUT2D eigenvalue weighted by Crippen LogP contribution is -1.95. The van der Waals surface area contributed by atoms with Gasteiger partial charge in [-0.15, -0.1) is 0 Å². The zero-order valence-corrected chi connectivity index (χ0v) is 10.5. The fourth-order valence-corrected chi connectivity index (χ4v) is 2.84. The molecule has 3 rings (SSSR count). The third kappa shape index (κ3) is 1.69. The molecule has 0 spiro atoms. The van der Waals surface area contributed by atoms with Crippen molar-refractivity contribution < 1.29 is 8.78 Å². The van der Waals surface area contributed by atoms with E-state index in [1.807, 2.05) is 4.68 Å². The van der Waals surface area contributed by atoms with E-state index in [1.54, 1.807) is 0 Å². The Bertz CT molecular complexity index is 592. The lowest BCUT2D eigenvalue weighted by molar-refractivity contribution is 0.601. The molecule has 17 heavy (non-hydrogen) atoms. The van der Waals surface area contributed by atoms with Crippen LogP contribution in [-0.4, -0.2) is 9.78 Å². The van der Waals surface area contributed by atoms with Gasteiger partial charge in [0.1, 0.15) is 17.3 Å². The molecule has 0 N–H and O–H groups in total. The zero-order valence-electron chi connectivity index (χ0n) is 8.88. The van der Waals surface area contributed by atoms with E-state index in [0.29, 0.717) is 5.69 Å². The summed E-state index contributed by atoms with van der Waals surface area (Å²) in [5.74, 6) is -0.912. The van der Waals surface area contributed by atoms with Gasteiger partial charge in [-0.1, -0.05) is 0 Å². The van der Waals surface area contributed by atoms with E-state index in [-0.39, 0.29) is 5.56 Å². The Morgan fingerprint density at radius 3 is 2.88 bits per heavy atom. The Morgan fingerprint density at radius 1 is 1.29 bits per heavy atom. The second-order valence-electron chi connectivity index (χ2n) is 4.06. The third-order valence-electron chi connectivity index (χ3n) is 2.96. The Kier molecular flexibility index (Phi) is 2.50. The SMILES string of the molecule is Fc1ccc(F)c(-c2nn3c(c2Br)CCC3)c1. The number of rotatable bonds is 1. The summed E-state index contributed by atoms with van der Waals surface area (Å²) in [6.45, 7) is 0.838. The molecule has 0 aliphatic carbocycles. The highest BCUT2D eigenvalue weighted by Crippen LogP contribution is 2.35. The summed E-state index contributed by atoms with van der Waals surface area (Å²) < 4.78 is 29.4. The Balaban J connectivity index is 2.19. The van der Waals surface area contributed by atoms with Gasteiger partial charge in [0.05, 0.1) is 10.2 Å². The molecule has 0 saturated heterocycles. The van der Waals surface area contributed by atoms with Crippen LogP contribution >= 0.6 is 15.9 Å². The zero-order chi connectivity index (χ0) is 12.0. The van der Waals surface area contributed by atoms with Crippen LogP contribution in [0, 0.1) is 11.6 Å². The molecule has 1 aliphatic heterocycles. The van der Waals surface area contributed by atoms with Crippen molar-refractivity contribution in [3.05, 3.63) is 40.0 Å². The molecule has 0 saturated carbocycles. The Labute approximate surface area is 105 Å². The maximum Gasteiger partial charge on any atom is 0.132 e. The largest absolute Gasteiger partial charge is 0.268 e. The van der Waals surface area contributed by atoms with Crippen LogP contribution in [0.2, 0.25) is 0 Å². The fraction of sp³-hybridized carbons (Fsp3) is 0.250. The topological polar surface area (TPSA) is 17.8 Å². The quantitative estimate of drug-likeness (QED) is 0.787. The number of aryl methyl sites for hydroxylation is 1. The minimum Gasteiger partial charge on any atom is -0.268 e. The van der Waals surface area contributed by atoms with Gasteiger partial charge in [-0.25, -0.2) is 8.78 Å². The fourth-order valence-electron chi connectivity index (χ4n) is 2.15. The van der Waals surface area contributed by atoms with E-state index < -0.39 is 11.6 Å². The first kappa shape index (κ1) is 10.9. The molecule has 0 radical (unpaired) electrons. The molecule has 2 aromatic rings. The molecule has 0 amide bonds. The molecule has 2 nitrogen and oxygen atoms in total. The Morgan fingerprint density at radius 2 is 2.12 bits per heavy atom. The predicted molar refractivity (Wildman–Crippen MR) is 63.6 cm³/mol.